The van der Waals surface area contributed by atoms with Crippen LogP contribution in [0.2, 0.25) is 0 Å². The zero-order valence-corrected chi connectivity index (χ0v) is 15.2. The molecule has 6 nitrogen and oxygen atoms in total. The first-order chi connectivity index (χ1) is 13.2. The Balaban J connectivity index is 1.40. The topological polar surface area (TPSA) is 89.1 Å². The van der Waals surface area contributed by atoms with Gasteiger partial charge in [-0.2, -0.15) is 0 Å². The van der Waals surface area contributed by atoms with Crippen LogP contribution in [-0.2, 0) is 0 Å². The third-order valence-corrected chi connectivity index (χ3v) is 5.29. The molecule has 1 aliphatic heterocycles. The summed E-state index contributed by atoms with van der Waals surface area (Å²) in [6.07, 6.45) is 1.79. The highest BCUT2D eigenvalue weighted by atomic mass is 16.5. The lowest BCUT2D eigenvalue weighted by molar-refractivity contribution is 0.212. The third-order valence-electron chi connectivity index (χ3n) is 5.29. The van der Waals surface area contributed by atoms with E-state index in [0.717, 1.165) is 24.3 Å². The fraction of sp³-hybridized carbons (Fsp3) is 0.381. The number of ether oxygens (including phenoxy) is 2. The van der Waals surface area contributed by atoms with Crippen molar-refractivity contribution in [2.24, 2.45) is 16.1 Å². The molecule has 1 fully saturated rings. The Bertz CT molecular complexity index is 825. The van der Waals surface area contributed by atoms with E-state index in [9.17, 15) is 5.11 Å². The summed E-state index contributed by atoms with van der Waals surface area (Å²) in [6.45, 7) is 1.90. The average molecular weight is 367 g/mol. The molecule has 2 aromatic rings. The molecule has 1 aliphatic carbocycles. The summed E-state index contributed by atoms with van der Waals surface area (Å²) >= 11 is 0. The first-order valence-electron chi connectivity index (χ1n) is 9.33. The Labute approximate surface area is 159 Å². The smallest absolute Gasteiger partial charge is 0.193 e. The predicted molar refractivity (Wildman–Crippen MR) is 105 cm³/mol. The minimum absolute atomic E-state index is 0.105. The van der Waals surface area contributed by atoms with Crippen LogP contribution in [0.5, 0.6) is 11.5 Å². The number of guanidine groups is 1. The number of nitrogens with one attached hydrogen (secondary N) is 1. The number of rotatable bonds is 5. The largest absolute Gasteiger partial charge is 0.490 e. The lowest BCUT2D eigenvalue weighted by Crippen LogP contribution is -2.25. The molecular formula is C21H25N3O3. The highest BCUT2D eigenvalue weighted by Gasteiger charge is 2.54. The number of nitrogens with two attached hydrogens (primary N) is 1. The van der Waals surface area contributed by atoms with Gasteiger partial charge in [0.2, 0.25) is 0 Å². The quantitative estimate of drug-likeness (QED) is 0.559. The molecule has 4 rings (SSSR count). The molecule has 0 amide bonds. The maximum atomic E-state index is 9.89. The molecule has 6 heteroatoms. The summed E-state index contributed by atoms with van der Waals surface area (Å²) in [7, 11) is 0. The molecule has 0 saturated heterocycles. The van der Waals surface area contributed by atoms with Gasteiger partial charge < -0.3 is 25.6 Å². The standard InChI is InChI=1S/C21H25N3O3/c22-20(24-16-7-8-18-19(11-16)27-10-4-9-26-18)23-13-21(14-25)12-17(21)15-5-2-1-3-6-15/h1-3,5-8,11,17,25H,4,9-10,12-14H2,(H3,22,23,24). The molecule has 142 valence electrons. The lowest BCUT2D eigenvalue weighted by Gasteiger charge is -2.14. The van der Waals surface area contributed by atoms with Gasteiger partial charge in [0.1, 0.15) is 0 Å². The summed E-state index contributed by atoms with van der Waals surface area (Å²) < 4.78 is 11.3. The molecule has 1 heterocycles. The second-order valence-corrected chi connectivity index (χ2v) is 7.23. The molecule has 2 aliphatic rings. The van der Waals surface area contributed by atoms with E-state index >= 15 is 0 Å². The van der Waals surface area contributed by atoms with Crippen molar-refractivity contribution in [1.29, 1.82) is 0 Å². The Morgan fingerprint density at radius 3 is 2.70 bits per heavy atom. The van der Waals surface area contributed by atoms with E-state index in [-0.39, 0.29) is 12.0 Å². The van der Waals surface area contributed by atoms with Crippen LogP contribution in [0, 0.1) is 5.41 Å². The molecule has 1 saturated carbocycles. The van der Waals surface area contributed by atoms with Crippen molar-refractivity contribution in [3.8, 4) is 11.5 Å². The molecule has 2 aromatic carbocycles. The Hall–Kier alpha value is -2.73. The van der Waals surface area contributed by atoms with E-state index in [4.69, 9.17) is 15.2 Å². The van der Waals surface area contributed by atoms with Gasteiger partial charge in [-0.05, 0) is 30.0 Å². The van der Waals surface area contributed by atoms with Crippen LogP contribution in [0.3, 0.4) is 0 Å². The molecule has 2 atom stereocenters. The van der Waals surface area contributed by atoms with E-state index < -0.39 is 0 Å². The summed E-state index contributed by atoms with van der Waals surface area (Å²) in [5.41, 5.74) is 7.91. The van der Waals surface area contributed by atoms with Crippen molar-refractivity contribution < 1.29 is 14.6 Å². The molecule has 0 aromatic heterocycles. The van der Waals surface area contributed by atoms with Crippen LogP contribution in [0.1, 0.15) is 24.3 Å². The monoisotopic (exact) mass is 367 g/mol. The summed E-state index contributed by atoms with van der Waals surface area (Å²) in [5, 5.41) is 13.0. The summed E-state index contributed by atoms with van der Waals surface area (Å²) in [6, 6.07) is 15.9. The Morgan fingerprint density at radius 2 is 1.93 bits per heavy atom. The number of aliphatic imine (C=N–C) groups is 1. The number of hydrogen-bond acceptors (Lipinski definition) is 4. The average Bonchev–Trinajstić information content (AvgIpc) is 3.47. The van der Waals surface area contributed by atoms with E-state index in [2.05, 4.69) is 22.4 Å². The fourth-order valence-electron chi connectivity index (χ4n) is 3.57. The maximum Gasteiger partial charge on any atom is 0.193 e. The van der Waals surface area contributed by atoms with Crippen molar-refractivity contribution in [3.05, 3.63) is 54.1 Å². The van der Waals surface area contributed by atoms with Gasteiger partial charge in [0.25, 0.3) is 0 Å². The molecule has 0 radical (unpaired) electrons. The number of hydrogen-bond donors (Lipinski definition) is 3. The van der Waals surface area contributed by atoms with Crippen molar-refractivity contribution >= 4 is 11.6 Å². The normalized spacial score (nSPS) is 24.2. The molecule has 2 unspecified atom stereocenters. The number of benzene rings is 2. The number of anilines is 1. The second kappa shape index (κ2) is 7.48. The predicted octanol–water partition coefficient (Wildman–Crippen LogP) is 2.74. The first-order valence-corrected chi connectivity index (χ1v) is 9.33. The summed E-state index contributed by atoms with van der Waals surface area (Å²) in [5.74, 6) is 2.12. The fourth-order valence-corrected chi connectivity index (χ4v) is 3.57. The van der Waals surface area contributed by atoms with Gasteiger partial charge in [-0.15, -0.1) is 0 Å². The minimum atomic E-state index is -0.210. The van der Waals surface area contributed by atoms with Crippen molar-refractivity contribution in [2.45, 2.75) is 18.8 Å². The highest BCUT2D eigenvalue weighted by molar-refractivity contribution is 5.92. The van der Waals surface area contributed by atoms with Gasteiger partial charge in [0.15, 0.2) is 17.5 Å². The highest BCUT2D eigenvalue weighted by Crippen LogP contribution is 2.59. The van der Waals surface area contributed by atoms with Crippen LogP contribution >= 0.6 is 0 Å². The van der Waals surface area contributed by atoms with Crippen LogP contribution in [0.25, 0.3) is 0 Å². The number of nitrogens with zero attached hydrogens (tertiary/aromatic N) is 1. The van der Waals surface area contributed by atoms with Gasteiger partial charge >= 0.3 is 0 Å². The molecule has 4 N–H and O–H groups in total. The van der Waals surface area contributed by atoms with Crippen LogP contribution in [-0.4, -0.2) is 37.4 Å². The van der Waals surface area contributed by atoms with E-state index in [0.29, 0.717) is 37.4 Å². The summed E-state index contributed by atoms with van der Waals surface area (Å²) in [4.78, 5) is 4.48. The molecule has 0 spiro atoms. The van der Waals surface area contributed by atoms with Crippen molar-refractivity contribution in [1.82, 2.24) is 0 Å². The molecular weight excluding hydrogens is 342 g/mol. The van der Waals surface area contributed by atoms with Gasteiger partial charge in [0.05, 0.1) is 26.4 Å². The zero-order valence-electron chi connectivity index (χ0n) is 15.2. The minimum Gasteiger partial charge on any atom is -0.490 e. The van der Waals surface area contributed by atoms with Gasteiger partial charge in [-0.25, -0.2) is 0 Å². The lowest BCUT2D eigenvalue weighted by atomic mass is 10.00. The van der Waals surface area contributed by atoms with Crippen molar-refractivity contribution in [2.75, 3.05) is 31.7 Å². The zero-order chi connectivity index (χ0) is 18.7. The number of aliphatic hydroxyl groups is 1. The van der Waals surface area contributed by atoms with E-state index in [1.165, 1.54) is 5.56 Å². The Morgan fingerprint density at radius 1 is 1.15 bits per heavy atom. The first kappa shape index (κ1) is 17.7. The molecule has 27 heavy (non-hydrogen) atoms. The van der Waals surface area contributed by atoms with E-state index in [1.54, 1.807) is 0 Å². The van der Waals surface area contributed by atoms with Crippen molar-refractivity contribution in [3.63, 3.8) is 0 Å². The van der Waals surface area contributed by atoms with Crippen LogP contribution in [0.4, 0.5) is 5.69 Å². The van der Waals surface area contributed by atoms with Gasteiger partial charge in [-0.3, -0.25) is 4.99 Å². The third kappa shape index (κ3) is 3.85. The second-order valence-electron chi connectivity index (χ2n) is 7.23. The van der Waals surface area contributed by atoms with Gasteiger partial charge in [0, 0.05) is 23.6 Å². The maximum absolute atomic E-state index is 9.89. The SMILES string of the molecule is NC(=NCC1(CO)CC1c1ccccc1)Nc1ccc2c(c1)OCCCO2. The number of fused-ring (bicyclic) bond motifs is 1. The van der Waals surface area contributed by atoms with E-state index in [1.807, 2.05) is 36.4 Å². The Kier molecular flexibility index (Phi) is 4.90. The van der Waals surface area contributed by atoms with Crippen LogP contribution < -0.4 is 20.5 Å². The number of aliphatic hydroxyl groups excluding tert-OH is 1. The van der Waals surface area contributed by atoms with Gasteiger partial charge in [-0.1, -0.05) is 30.3 Å². The van der Waals surface area contributed by atoms with Crippen LogP contribution in [0.15, 0.2) is 53.5 Å². The molecule has 0 bridgehead atoms.